The molecule has 1 aliphatic rings. The zero-order chi connectivity index (χ0) is 16.7. The van der Waals surface area contributed by atoms with Crippen LogP contribution in [0.3, 0.4) is 0 Å². The molecule has 0 saturated heterocycles. The van der Waals surface area contributed by atoms with Crippen molar-refractivity contribution in [3.05, 3.63) is 38.9 Å². The number of rotatable bonds is 4. The summed E-state index contributed by atoms with van der Waals surface area (Å²) >= 11 is 5.06. The molecule has 0 unspecified atom stereocenters. The number of hydrogen-bond acceptors (Lipinski definition) is 6. The Morgan fingerprint density at radius 2 is 2.12 bits per heavy atom. The van der Waals surface area contributed by atoms with Gasteiger partial charge in [0.2, 0.25) is 5.88 Å². The first kappa shape index (κ1) is 15.5. The van der Waals surface area contributed by atoms with Crippen molar-refractivity contribution in [2.45, 2.75) is 19.3 Å². The minimum Gasteiger partial charge on any atom is -0.493 e. The van der Waals surface area contributed by atoms with Crippen LogP contribution in [0.5, 0.6) is 17.4 Å². The van der Waals surface area contributed by atoms with E-state index in [-0.39, 0.29) is 0 Å². The molecule has 5 nitrogen and oxygen atoms in total. The Morgan fingerprint density at radius 1 is 1.25 bits per heavy atom. The van der Waals surface area contributed by atoms with Gasteiger partial charge in [-0.15, -0.1) is 11.3 Å². The maximum Gasteiger partial charge on any atom is 0.231 e. The van der Waals surface area contributed by atoms with Gasteiger partial charge in [-0.3, -0.25) is 4.79 Å². The second-order valence-corrected chi connectivity index (χ2v) is 7.40. The number of aldehydes is 1. The number of carbonyl (C=O) groups excluding carboxylic acids is 1. The van der Waals surface area contributed by atoms with E-state index in [1.165, 1.54) is 16.8 Å². The number of ether oxygens (including phenoxy) is 2. The molecule has 24 heavy (non-hydrogen) atoms. The number of hydrogen-bond donors (Lipinski definition) is 0. The van der Waals surface area contributed by atoms with Gasteiger partial charge in [-0.05, 0) is 52.9 Å². The first-order valence-corrected chi connectivity index (χ1v) is 9.08. The number of halogens is 1. The number of aryl methyl sites for hydroxylation is 2. The fraction of sp³-hybridized carbons (Fsp3) is 0.235. The first-order valence-electron chi connectivity index (χ1n) is 7.47. The van der Waals surface area contributed by atoms with Gasteiger partial charge in [-0.25, -0.2) is 9.97 Å². The molecule has 1 aliphatic carbocycles. The van der Waals surface area contributed by atoms with Gasteiger partial charge < -0.3 is 9.47 Å². The van der Waals surface area contributed by atoms with Crippen molar-refractivity contribution in [2.75, 3.05) is 7.11 Å². The lowest BCUT2D eigenvalue weighted by Gasteiger charge is -2.12. The Bertz CT molecular complexity index is 955. The van der Waals surface area contributed by atoms with E-state index in [4.69, 9.17) is 9.47 Å². The average Bonchev–Trinajstić information content (AvgIpc) is 3.17. The minimum absolute atomic E-state index is 0.459. The second-order valence-electron chi connectivity index (χ2n) is 5.46. The fourth-order valence-electron chi connectivity index (χ4n) is 2.96. The molecule has 1 aromatic carbocycles. The van der Waals surface area contributed by atoms with Crippen molar-refractivity contribution in [3.8, 4) is 17.4 Å². The molecule has 0 radical (unpaired) electrons. The molecular weight excluding hydrogens is 392 g/mol. The summed E-state index contributed by atoms with van der Waals surface area (Å²) in [5.41, 5.74) is 1.78. The third-order valence-electron chi connectivity index (χ3n) is 4.08. The fourth-order valence-corrected chi connectivity index (χ4v) is 4.60. The smallest absolute Gasteiger partial charge is 0.231 e. The van der Waals surface area contributed by atoms with Gasteiger partial charge in [0.05, 0.1) is 12.5 Å². The van der Waals surface area contributed by atoms with Crippen molar-refractivity contribution >= 4 is 43.8 Å². The zero-order valence-corrected chi connectivity index (χ0v) is 15.2. The van der Waals surface area contributed by atoms with E-state index in [0.717, 1.165) is 35.8 Å². The summed E-state index contributed by atoms with van der Waals surface area (Å²) in [5, 5.41) is 0.979. The quantitative estimate of drug-likeness (QED) is 0.596. The lowest BCUT2D eigenvalue weighted by atomic mass is 10.2. The van der Waals surface area contributed by atoms with E-state index in [1.54, 1.807) is 30.6 Å². The Balaban J connectivity index is 1.84. The van der Waals surface area contributed by atoms with Gasteiger partial charge in [0, 0.05) is 14.9 Å². The number of benzene rings is 1. The lowest BCUT2D eigenvalue weighted by Crippen LogP contribution is -1.96. The SMILES string of the molecule is COc1cc(Br)c(C=O)cc1Oc1ncnc2sc3c(c12)CCC3. The molecule has 0 atom stereocenters. The molecule has 0 spiro atoms. The Morgan fingerprint density at radius 3 is 2.92 bits per heavy atom. The molecular formula is C17H13BrN2O3S. The van der Waals surface area contributed by atoms with E-state index in [0.29, 0.717) is 27.4 Å². The van der Waals surface area contributed by atoms with Crippen molar-refractivity contribution < 1.29 is 14.3 Å². The molecule has 3 aromatic rings. The molecule has 0 bridgehead atoms. The average molecular weight is 405 g/mol. The summed E-state index contributed by atoms with van der Waals surface area (Å²) in [4.78, 5) is 22.2. The van der Waals surface area contributed by atoms with E-state index in [9.17, 15) is 4.79 Å². The topological polar surface area (TPSA) is 61.3 Å². The van der Waals surface area contributed by atoms with E-state index in [1.807, 2.05) is 0 Å². The van der Waals surface area contributed by atoms with Gasteiger partial charge >= 0.3 is 0 Å². The van der Waals surface area contributed by atoms with Gasteiger partial charge in [0.25, 0.3) is 0 Å². The molecule has 4 rings (SSSR count). The third-order valence-corrected chi connectivity index (χ3v) is 5.97. The highest BCUT2D eigenvalue weighted by molar-refractivity contribution is 9.10. The zero-order valence-electron chi connectivity index (χ0n) is 12.8. The van der Waals surface area contributed by atoms with Crippen LogP contribution in [-0.4, -0.2) is 23.4 Å². The number of methoxy groups -OCH3 is 1. The van der Waals surface area contributed by atoms with Crippen molar-refractivity contribution in [1.29, 1.82) is 0 Å². The molecule has 0 saturated carbocycles. The number of fused-ring (bicyclic) bond motifs is 3. The Labute approximate surface area is 150 Å². The number of thiophene rings is 1. The monoisotopic (exact) mass is 404 g/mol. The van der Waals surface area contributed by atoms with Crippen LogP contribution in [0.1, 0.15) is 27.2 Å². The maximum atomic E-state index is 11.2. The van der Waals surface area contributed by atoms with Crippen LogP contribution in [0.2, 0.25) is 0 Å². The van der Waals surface area contributed by atoms with Gasteiger partial charge in [0.1, 0.15) is 11.2 Å². The molecule has 0 N–H and O–H groups in total. The predicted molar refractivity (Wildman–Crippen MR) is 95.6 cm³/mol. The number of carbonyl (C=O) groups is 1. The van der Waals surface area contributed by atoms with Crippen LogP contribution >= 0.6 is 27.3 Å². The second kappa shape index (κ2) is 6.14. The molecule has 0 fully saturated rings. The Hall–Kier alpha value is -1.99. The molecule has 2 aromatic heterocycles. The Kier molecular flexibility index (Phi) is 3.97. The molecule has 7 heteroatoms. The molecule has 2 heterocycles. The van der Waals surface area contributed by atoms with Crippen molar-refractivity contribution in [3.63, 3.8) is 0 Å². The molecule has 0 aliphatic heterocycles. The van der Waals surface area contributed by atoms with Crippen LogP contribution in [0.4, 0.5) is 0 Å². The predicted octanol–water partition coefficient (Wildman–Crippen LogP) is 4.56. The maximum absolute atomic E-state index is 11.2. The van der Waals surface area contributed by atoms with Gasteiger partial charge in [0.15, 0.2) is 17.8 Å². The summed E-state index contributed by atoms with van der Waals surface area (Å²) in [5.74, 6) is 1.50. The standard InChI is InChI=1S/C17H13BrN2O3S/c1-22-12-6-11(18)9(7-21)5-13(12)23-16-15-10-3-2-4-14(10)24-17(15)20-8-19-16/h5-8H,2-4H2,1H3. The van der Waals surface area contributed by atoms with Crippen LogP contribution in [-0.2, 0) is 12.8 Å². The summed E-state index contributed by atoms with van der Waals surface area (Å²) in [7, 11) is 1.56. The summed E-state index contributed by atoms with van der Waals surface area (Å²) in [6.45, 7) is 0. The van der Waals surface area contributed by atoms with Crippen LogP contribution in [0, 0.1) is 0 Å². The normalized spacial score (nSPS) is 13.1. The van der Waals surface area contributed by atoms with Gasteiger partial charge in [-0.1, -0.05) is 0 Å². The van der Waals surface area contributed by atoms with Crippen LogP contribution in [0.25, 0.3) is 10.2 Å². The summed E-state index contributed by atoms with van der Waals surface area (Å²) in [6, 6.07) is 3.37. The highest BCUT2D eigenvalue weighted by Crippen LogP contribution is 2.42. The van der Waals surface area contributed by atoms with Crippen LogP contribution < -0.4 is 9.47 Å². The number of nitrogens with zero attached hydrogens (tertiary/aromatic N) is 2. The van der Waals surface area contributed by atoms with Crippen LogP contribution in [0.15, 0.2) is 22.9 Å². The highest BCUT2D eigenvalue weighted by atomic mass is 79.9. The number of aromatic nitrogens is 2. The third kappa shape index (κ3) is 2.48. The molecule has 122 valence electrons. The van der Waals surface area contributed by atoms with Gasteiger partial charge in [-0.2, -0.15) is 0 Å². The van der Waals surface area contributed by atoms with Crippen molar-refractivity contribution in [1.82, 2.24) is 9.97 Å². The lowest BCUT2D eigenvalue weighted by molar-refractivity contribution is 0.112. The van der Waals surface area contributed by atoms with E-state index >= 15 is 0 Å². The molecule has 0 amide bonds. The summed E-state index contributed by atoms with van der Waals surface area (Å²) < 4.78 is 12.1. The largest absolute Gasteiger partial charge is 0.493 e. The summed E-state index contributed by atoms with van der Waals surface area (Å²) in [6.07, 6.45) is 5.55. The minimum atomic E-state index is 0.459. The van der Waals surface area contributed by atoms with E-state index in [2.05, 4.69) is 25.9 Å². The first-order chi connectivity index (χ1) is 11.7. The van der Waals surface area contributed by atoms with Crippen molar-refractivity contribution in [2.24, 2.45) is 0 Å². The van der Waals surface area contributed by atoms with E-state index < -0.39 is 0 Å². The highest BCUT2D eigenvalue weighted by Gasteiger charge is 2.23.